The van der Waals surface area contributed by atoms with Crippen molar-refractivity contribution in [1.29, 1.82) is 5.26 Å². The van der Waals surface area contributed by atoms with Crippen LogP contribution in [-0.4, -0.2) is 41.4 Å². The van der Waals surface area contributed by atoms with Crippen molar-refractivity contribution in [3.63, 3.8) is 0 Å². The largest absolute Gasteiger partial charge is 0.309 e. The molecule has 1 aromatic rings. The Morgan fingerprint density at radius 3 is 2.74 bits per heavy atom. The molecule has 2 aliphatic heterocycles. The summed E-state index contributed by atoms with van der Waals surface area (Å²) in [4.78, 5) is 1.87. The molecule has 0 saturated carbocycles. The van der Waals surface area contributed by atoms with E-state index in [0.717, 1.165) is 32.6 Å². The summed E-state index contributed by atoms with van der Waals surface area (Å²) >= 11 is 1.82. The Hall–Kier alpha value is -1.38. The molecule has 2 aliphatic rings. The van der Waals surface area contributed by atoms with Crippen molar-refractivity contribution in [1.82, 2.24) is 9.21 Å². The standard InChI is InChI=1S/C14H18N4S/c15-12-16-10-7-14(11-16)18-9-4-8-17(19-18)13-5-2-1-3-6-13/h1-3,5-6,14H,4,7-11H2. The molecule has 1 aromatic carbocycles. The predicted molar refractivity (Wildman–Crippen MR) is 78.3 cm³/mol. The van der Waals surface area contributed by atoms with Crippen LogP contribution in [0.1, 0.15) is 12.8 Å². The number of nitrogens with zero attached hydrogens (tertiary/aromatic N) is 4. The van der Waals surface area contributed by atoms with E-state index in [1.807, 2.05) is 17.0 Å². The van der Waals surface area contributed by atoms with Gasteiger partial charge in [0.05, 0.1) is 0 Å². The summed E-state index contributed by atoms with van der Waals surface area (Å²) < 4.78 is 4.81. The molecule has 19 heavy (non-hydrogen) atoms. The highest BCUT2D eigenvalue weighted by Gasteiger charge is 2.31. The van der Waals surface area contributed by atoms with E-state index in [1.165, 1.54) is 12.1 Å². The zero-order valence-electron chi connectivity index (χ0n) is 10.9. The van der Waals surface area contributed by atoms with Crippen molar-refractivity contribution in [3.05, 3.63) is 30.3 Å². The highest BCUT2D eigenvalue weighted by Crippen LogP contribution is 2.32. The van der Waals surface area contributed by atoms with Crippen LogP contribution in [0.3, 0.4) is 0 Å². The molecule has 2 heterocycles. The lowest BCUT2D eigenvalue weighted by Gasteiger charge is -2.37. The highest BCUT2D eigenvalue weighted by atomic mass is 32.2. The quantitative estimate of drug-likeness (QED) is 0.610. The van der Waals surface area contributed by atoms with Crippen LogP contribution in [0.5, 0.6) is 0 Å². The smallest absolute Gasteiger partial charge is 0.179 e. The van der Waals surface area contributed by atoms with E-state index in [-0.39, 0.29) is 0 Å². The molecule has 1 unspecified atom stereocenters. The van der Waals surface area contributed by atoms with Gasteiger partial charge in [-0.3, -0.25) is 0 Å². The zero-order valence-corrected chi connectivity index (χ0v) is 11.7. The number of likely N-dealkylation sites (tertiary alicyclic amines) is 1. The van der Waals surface area contributed by atoms with Crippen molar-refractivity contribution < 1.29 is 0 Å². The summed E-state index contributed by atoms with van der Waals surface area (Å²) in [5.74, 6) is 0. The van der Waals surface area contributed by atoms with Gasteiger partial charge >= 0.3 is 0 Å². The third-order valence-corrected chi connectivity index (χ3v) is 4.98. The van der Waals surface area contributed by atoms with Crippen LogP contribution < -0.4 is 4.31 Å². The van der Waals surface area contributed by atoms with Crippen molar-refractivity contribution >= 4 is 17.8 Å². The molecule has 0 radical (unpaired) electrons. The lowest BCUT2D eigenvalue weighted by molar-refractivity contribution is 0.339. The van der Waals surface area contributed by atoms with E-state index in [2.05, 4.69) is 45.1 Å². The summed E-state index contributed by atoms with van der Waals surface area (Å²) in [7, 11) is 0. The van der Waals surface area contributed by atoms with Crippen LogP contribution in [0.4, 0.5) is 5.69 Å². The molecule has 2 fully saturated rings. The summed E-state index contributed by atoms with van der Waals surface area (Å²) in [5, 5.41) is 8.95. The van der Waals surface area contributed by atoms with Crippen molar-refractivity contribution in [2.24, 2.45) is 0 Å². The highest BCUT2D eigenvalue weighted by molar-refractivity contribution is 7.98. The van der Waals surface area contributed by atoms with Crippen molar-refractivity contribution in [3.8, 4) is 6.19 Å². The molecule has 0 amide bonds. The Morgan fingerprint density at radius 1 is 1.16 bits per heavy atom. The van der Waals surface area contributed by atoms with Gasteiger partial charge in [0.15, 0.2) is 6.19 Å². The second-order valence-corrected chi connectivity index (χ2v) is 6.08. The third-order valence-electron chi connectivity index (χ3n) is 3.70. The first-order valence-electron chi connectivity index (χ1n) is 6.79. The molecule has 0 aromatic heterocycles. The molecular weight excluding hydrogens is 256 g/mol. The fraction of sp³-hybridized carbons (Fsp3) is 0.500. The van der Waals surface area contributed by atoms with Gasteiger partial charge in [0, 0.05) is 50.0 Å². The normalized spacial score (nSPS) is 24.5. The second-order valence-electron chi connectivity index (χ2n) is 5.00. The SMILES string of the molecule is N#CN1CCC(N2CCCN(c3ccccc3)S2)C1. The number of benzene rings is 1. The van der Waals surface area contributed by atoms with E-state index < -0.39 is 0 Å². The van der Waals surface area contributed by atoms with Gasteiger partial charge in [-0.15, -0.1) is 0 Å². The molecule has 0 bridgehead atoms. The first-order valence-corrected chi connectivity index (χ1v) is 7.52. The number of para-hydroxylation sites is 1. The number of anilines is 1. The predicted octanol–water partition coefficient (Wildman–Crippen LogP) is 2.32. The fourth-order valence-corrected chi connectivity index (χ4v) is 3.86. The molecule has 0 spiro atoms. The average Bonchev–Trinajstić information content (AvgIpc) is 2.97. The maximum atomic E-state index is 8.95. The minimum Gasteiger partial charge on any atom is -0.309 e. The van der Waals surface area contributed by atoms with Crippen LogP contribution in [0.15, 0.2) is 30.3 Å². The van der Waals surface area contributed by atoms with Gasteiger partial charge in [-0.05, 0) is 25.0 Å². The average molecular weight is 274 g/mol. The monoisotopic (exact) mass is 274 g/mol. The first-order chi connectivity index (χ1) is 9.36. The van der Waals surface area contributed by atoms with Gasteiger partial charge in [-0.25, -0.2) is 4.31 Å². The maximum Gasteiger partial charge on any atom is 0.179 e. The van der Waals surface area contributed by atoms with Crippen LogP contribution in [0.25, 0.3) is 0 Å². The molecule has 4 nitrogen and oxygen atoms in total. The Bertz CT molecular complexity index is 458. The van der Waals surface area contributed by atoms with E-state index in [1.54, 1.807) is 0 Å². The van der Waals surface area contributed by atoms with E-state index in [0.29, 0.717) is 6.04 Å². The first kappa shape index (κ1) is 12.6. The molecule has 3 rings (SSSR count). The van der Waals surface area contributed by atoms with Gasteiger partial charge in [-0.1, -0.05) is 18.2 Å². The Balaban J connectivity index is 1.64. The van der Waals surface area contributed by atoms with Gasteiger partial charge in [0.1, 0.15) is 0 Å². The lowest BCUT2D eigenvalue weighted by Crippen LogP contribution is -2.40. The van der Waals surface area contributed by atoms with Crippen LogP contribution in [0, 0.1) is 11.5 Å². The molecule has 5 heteroatoms. The van der Waals surface area contributed by atoms with Crippen LogP contribution in [-0.2, 0) is 0 Å². The number of nitriles is 1. The Morgan fingerprint density at radius 2 is 2.00 bits per heavy atom. The summed E-state index contributed by atoms with van der Waals surface area (Å²) in [6.07, 6.45) is 4.55. The molecular formula is C14H18N4S. The maximum absolute atomic E-state index is 8.95. The number of rotatable bonds is 2. The lowest BCUT2D eigenvalue weighted by atomic mass is 10.2. The fourth-order valence-electron chi connectivity index (χ4n) is 2.67. The topological polar surface area (TPSA) is 33.5 Å². The van der Waals surface area contributed by atoms with Crippen LogP contribution >= 0.6 is 12.1 Å². The second kappa shape index (κ2) is 5.72. The summed E-state index contributed by atoms with van der Waals surface area (Å²) in [6.45, 7) is 4.01. The summed E-state index contributed by atoms with van der Waals surface area (Å²) in [5.41, 5.74) is 1.27. The Kier molecular flexibility index (Phi) is 3.81. The number of hydrogen-bond donors (Lipinski definition) is 0. The third kappa shape index (κ3) is 2.80. The van der Waals surface area contributed by atoms with Crippen LogP contribution in [0.2, 0.25) is 0 Å². The molecule has 100 valence electrons. The minimum absolute atomic E-state index is 0.510. The van der Waals surface area contributed by atoms with Crippen molar-refractivity contribution in [2.45, 2.75) is 18.9 Å². The molecule has 2 saturated heterocycles. The van der Waals surface area contributed by atoms with Gasteiger partial charge in [-0.2, -0.15) is 5.26 Å². The van der Waals surface area contributed by atoms with Gasteiger partial charge in [0.2, 0.25) is 0 Å². The van der Waals surface area contributed by atoms with E-state index in [4.69, 9.17) is 5.26 Å². The van der Waals surface area contributed by atoms with Crippen molar-refractivity contribution in [2.75, 3.05) is 30.5 Å². The zero-order chi connectivity index (χ0) is 13.1. The van der Waals surface area contributed by atoms with E-state index >= 15 is 0 Å². The van der Waals surface area contributed by atoms with E-state index in [9.17, 15) is 0 Å². The Labute approximate surface area is 118 Å². The number of hydrogen-bond acceptors (Lipinski definition) is 5. The van der Waals surface area contributed by atoms with Gasteiger partial charge in [0.25, 0.3) is 0 Å². The molecule has 0 N–H and O–H groups in total. The minimum atomic E-state index is 0.510. The summed E-state index contributed by atoms with van der Waals surface area (Å²) in [6, 6.07) is 11.1. The van der Waals surface area contributed by atoms with Gasteiger partial charge < -0.3 is 9.21 Å². The molecule has 0 aliphatic carbocycles. The molecule has 1 atom stereocenters.